The number of hydrogen-bond acceptors (Lipinski definition) is 3. The van der Waals surface area contributed by atoms with Gasteiger partial charge in [-0.05, 0) is 19.4 Å². The molecule has 1 rings (SSSR count). The molecule has 0 radical (unpaired) electrons. The molecule has 0 spiro atoms. The minimum Gasteiger partial charge on any atom is -0.301 e. The summed E-state index contributed by atoms with van der Waals surface area (Å²) in [6.07, 6.45) is 3.41. The summed E-state index contributed by atoms with van der Waals surface area (Å²) in [5, 5.41) is 0. The second-order valence-corrected chi connectivity index (χ2v) is 6.26. The van der Waals surface area contributed by atoms with Crippen molar-refractivity contribution < 1.29 is 8.42 Å². The Balaban J connectivity index is 2.24. The highest BCUT2D eigenvalue weighted by Crippen LogP contribution is 2.07. The number of rotatable bonds is 5. The Labute approximate surface area is 97.2 Å². The molecule has 0 N–H and O–H groups in total. The Bertz CT molecular complexity index is 274. The van der Waals surface area contributed by atoms with Gasteiger partial charge in [0.2, 0.25) is 10.0 Å². The fourth-order valence-electron chi connectivity index (χ4n) is 1.71. The molecule has 0 saturated carbocycles. The van der Waals surface area contributed by atoms with Crippen LogP contribution in [-0.2, 0) is 10.0 Å². The van der Waals surface area contributed by atoms with Gasteiger partial charge in [0, 0.05) is 32.1 Å². The highest BCUT2D eigenvalue weighted by Gasteiger charge is 2.22. The van der Waals surface area contributed by atoms with Gasteiger partial charge in [-0.25, -0.2) is 8.42 Å². The number of hydrogen-bond donors (Lipinski definition) is 0. The van der Waals surface area contributed by atoms with E-state index >= 15 is 0 Å². The second-order valence-electron chi connectivity index (χ2n) is 3.90. The molecule has 90 valence electrons. The van der Waals surface area contributed by atoms with Gasteiger partial charge in [-0.15, -0.1) is 11.6 Å². The highest BCUT2D eigenvalue weighted by molar-refractivity contribution is 7.88. The summed E-state index contributed by atoms with van der Waals surface area (Å²) in [6, 6.07) is 0. The largest absolute Gasteiger partial charge is 0.301 e. The highest BCUT2D eigenvalue weighted by atomic mass is 35.5. The molecule has 1 heterocycles. The predicted molar refractivity (Wildman–Crippen MR) is 62.8 cm³/mol. The van der Waals surface area contributed by atoms with Crippen LogP contribution in [0.2, 0.25) is 0 Å². The van der Waals surface area contributed by atoms with Crippen molar-refractivity contribution in [3.05, 3.63) is 0 Å². The zero-order chi connectivity index (χ0) is 11.3. The number of unbranched alkanes of at least 4 members (excludes halogenated alkanes) is 1. The first-order valence-corrected chi connectivity index (χ1v) is 7.66. The van der Waals surface area contributed by atoms with E-state index < -0.39 is 10.0 Å². The van der Waals surface area contributed by atoms with Crippen molar-refractivity contribution in [2.75, 3.05) is 44.9 Å². The monoisotopic (exact) mass is 254 g/mol. The van der Waals surface area contributed by atoms with Crippen molar-refractivity contribution in [2.24, 2.45) is 0 Å². The average Bonchev–Trinajstić information content (AvgIpc) is 2.18. The molecule has 0 aromatic heterocycles. The molecular formula is C9H19ClN2O2S. The molecule has 1 fully saturated rings. The topological polar surface area (TPSA) is 40.6 Å². The van der Waals surface area contributed by atoms with E-state index in [0.717, 1.165) is 32.5 Å². The van der Waals surface area contributed by atoms with Crippen LogP contribution >= 0.6 is 11.6 Å². The molecule has 1 aliphatic rings. The Morgan fingerprint density at radius 1 is 1.13 bits per heavy atom. The van der Waals surface area contributed by atoms with Crippen molar-refractivity contribution >= 4 is 21.6 Å². The summed E-state index contributed by atoms with van der Waals surface area (Å²) in [6.45, 7) is 3.97. The number of halogens is 1. The van der Waals surface area contributed by atoms with Gasteiger partial charge >= 0.3 is 0 Å². The quantitative estimate of drug-likeness (QED) is 0.533. The molecule has 0 aliphatic carbocycles. The first-order chi connectivity index (χ1) is 7.04. The van der Waals surface area contributed by atoms with Crippen LogP contribution in [0.25, 0.3) is 0 Å². The summed E-state index contributed by atoms with van der Waals surface area (Å²) in [5.74, 6) is 0.712. The zero-order valence-electron chi connectivity index (χ0n) is 9.15. The van der Waals surface area contributed by atoms with Gasteiger partial charge < -0.3 is 4.90 Å². The number of sulfonamides is 1. The molecule has 0 aromatic rings. The lowest BCUT2D eigenvalue weighted by Crippen LogP contribution is -2.48. The van der Waals surface area contributed by atoms with Crippen LogP contribution in [0.15, 0.2) is 0 Å². The van der Waals surface area contributed by atoms with E-state index in [1.54, 1.807) is 4.31 Å². The van der Waals surface area contributed by atoms with Crippen molar-refractivity contribution in [1.29, 1.82) is 0 Å². The molecule has 1 saturated heterocycles. The summed E-state index contributed by atoms with van der Waals surface area (Å²) < 4.78 is 24.0. The number of alkyl halides is 1. The third kappa shape index (κ3) is 4.68. The Morgan fingerprint density at radius 2 is 1.73 bits per heavy atom. The Morgan fingerprint density at radius 3 is 2.20 bits per heavy atom. The average molecular weight is 255 g/mol. The number of nitrogens with zero attached hydrogens (tertiary/aromatic N) is 2. The zero-order valence-corrected chi connectivity index (χ0v) is 10.7. The lowest BCUT2D eigenvalue weighted by Gasteiger charge is -2.33. The fourth-order valence-corrected chi connectivity index (χ4v) is 2.73. The molecule has 4 nitrogen and oxygen atoms in total. The molecule has 0 bridgehead atoms. The first-order valence-electron chi connectivity index (χ1n) is 5.27. The Kier molecular flexibility index (Phi) is 5.32. The summed E-state index contributed by atoms with van der Waals surface area (Å²) >= 11 is 5.60. The van der Waals surface area contributed by atoms with E-state index in [4.69, 9.17) is 11.6 Å². The smallest absolute Gasteiger partial charge is 0.211 e. The predicted octanol–water partition coefficient (Wildman–Crippen LogP) is 0.583. The maximum absolute atomic E-state index is 11.2. The van der Waals surface area contributed by atoms with Gasteiger partial charge in [0.1, 0.15) is 0 Å². The normalized spacial score (nSPS) is 20.7. The van der Waals surface area contributed by atoms with Crippen LogP contribution in [0.3, 0.4) is 0 Å². The van der Waals surface area contributed by atoms with Crippen molar-refractivity contribution in [3.63, 3.8) is 0 Å². The van der Waals surface area contributed by atoms with Crippen molar-refractivity contribution in [1.82, 2.24) is 9.21 Å². The standard InChI is InChI=1S/C9H19ClN2O2S/c1-15(13,14)12-8-6-11(7-9-12)5-3-2-4-10/h2-9H2,1H3. The second kappa shape index (κ2) is 6.03. The number of piperazine rings is 1. The van der Waals surface area contributed by atoms with Crippen LogP contribution in [0.1, 0.15) is 12.8 Å². The van der Waals surface area contributed by atoms with Crippen molar-refractivity contribution in [2.45, 2.75) is 12.8 Å². The molecule has 6 heteroatoms. The molecular weight excluding hydrogens is 236 g/mol. The van der Waals surface area contributed by atoms with Gasteiger partial charge in [0.25, 0.3) is 0 Å². The summed E-state index contributed by atoms with van der Waals surface area (Å²) in [7, 11) is -2.99. The van der Waals surface area contributed by atoms with Gasteiger partial charge in [0.05, 0.1) is 6.26 Å². The van der Waals surface area contributed by atoms with Gasteiger partial charge in [0.15, 0.2) is 0 Å². The molecule has 0 aromatic carbocycles. The minimum absolute atomic E-state index is 0.625. The van der Waals surface area contributed by atoms with E-state index in [1.165, 1.54) is 6.26 Å². The minimum atomic E-state index is -2.99. The van der Waals surface area contributed by atoms with Crippen molar-refractivity contribution in [3.8, 4) is 0 Å². The van der Waals surface area contributed by atoms with Gasteiger partial charge in [-0.3, -0.25) is 0 Å². The lowest BCUT2D eigenvalue weighted by molar-refractivity contribution is 0.187. The summed E-state index contributed by atoms with van der Waals surface area (Å²) in [4.78, 5) is 2.30. The van der Waals surface area contributed by atoms with E-state index in [2.05, 4.69) is 4.90 Å². The van der Waals surface area contributed by atoms with E-state index in [9.17, 15) is 8.42 Å². The van der Waals surface area contributed by atoms with Crippen LogP contribution in [0, 0.1) is 0 Å². The third-order valence-corrected chi connectivity index (χ3v) is 4.23. The molecule has 0 unspecified atom stereocenters. The molecule has 0 atom stereocenters. The van der Waals surface area contributed by atoms with Crippen LogP contribution in [0.4, 0.5) is 0 Å². The van der Waals surface area contributed by atoms with Crippen LogP contribution in [0.5, 0.6) is 0 Å². The molecule has 15 heavy (non-hydrogen) atoms. The molecule has 1 aliphatic heterocycles. The van der Waals surface area contributed by atoms with E-state index in [1.807, 2.05) is 0 Å². The Hall–Kier alpha value is 0.160. The van der Waals surface area contributed by atoms with Gasteiger partial charge in [-0.2, -0.15) is 4.31 Å². The lowest BCUT2D eigenvalue weighted by atomic mass is 10.3. The maximum atomic E-state index is 11.2. The van der Waals surface area contributed by atoms with E-state index in [-0.39, 0.29) is 0 Å². The van der Waals surface area contributed by atoms with E-state index in [0.29, 0.717) is 19.0 Å². The van der Waals surface area contributed by atoms with Crippen LogP contribution < -0.4 is 0 Å². The fraction of sp³-hybridized carbons (Fsp3) is 1.00. The van der Waals surface area contributed by atoms with Gasteiger partial charge in [-0.1, -0.05) is 0 Å². The molecule has 0 amide bonds. The maximum Gasteiger partial charge on any atom is 0.211 e. The van der Waals surface area contributed by atoms with Crippen LogP contribution in [-0.4, -0.2) is 62.5 Å². The third-order valence-electron chi connectivity index (χ3n) is 2.66. The first kappa shape index (κ1) is 13.2. The summed E-state index contributed by atoms with van der Waals surface area (Å²) in [5.41, 5.74) is 0. The SMILES string of the molecule is CS(=O)(=O)N1CCN(CCCCCl)CC1.